The monoisotopic (exact) mass is 1340 g/mol. The Hall–Kier alpha value is -3.50. The van der Waals surface area contributed by atoms with Gasteiger partial charge in [0.2, 0.25) is 0 Å². The molecule has 0 amide bonds. The molecule has 0 bridgehead atoms. The van der Waals surface area contributed by atoms with Crippen LogP contribution in [-0.4, -0.2) is 96.7 Å². The SMILES string of the molecule is CC/C=C\C/C=C\C/C=C\C/C=C\C/C=C\CCCC(=O)OCC(COP(=O)(O)OCC(O)COP(=O)(O)OCC(COC(=O)CCCCCCC/C=C\CCCCCC)OC(=O)CCCCCCCCCCCCC)OC(=O)CCCCCCCCCCCCC. The van der Waals surface area contributed by atoms with Crippen molar-refractivity contribution in [3.63, 3.8) is 0 Å². The topological polar surface area (TPSA) is 237 Å². The Bertz CT molecular complexity index is 2040. The number of carbonyl (C=O) groups is 4. The number of hydrogen-bond acceptors (Lipinski definition) is 15. The van der Waals surface area contributed by atoms with Gasteiger partial charge in [0.15, 0.2) is 12.2 Å². The molecular weight excluding hydrogens is 1210 g/mol. The standard InChI is InChI=1S/C73H130O17P2/c1-5-9-13-17-21-25-29-31-32-33-34-36-40-42-46-50-54-58-71(76)84-64-69(90-73(78)60-56-52-48-44-38-28-24-20-16-12-8-4)66-88-92(81,82)86-62-67(74)61-85-91(79,80)87-65-68(89-72(77)59-55-51-47-43-37-27-23-19-15-11-7-3)63-83-70(75)57-53-49-45-41-39-35-30-26-22-18-14-10-6-2/h9,13,21,25-26,30-32,34,36,42,46,67-69,74H,5-8,10-12,14-20,22-24,27-29,33,35,37-41,43-45,47-66H2,1-4H3,(H,79,80)(H,81,82)/b13-9-,25-21-,30-26-,32-31-,36-34-,46-42-. The molecule has 0 aliphatic rings. The van der Waals surface area contributed by atoms with Crippen molar-refractivity contribution in [2.24, 2.45) is 0 Å². The number of aliphatic hydroxyl groups excluding tert-OH is 1. The van der Waals surface area contributed by atoms with Crippen molar-refractivity contribution < 1.29 is 80.2 Å². The Morgan fingerprint density at radius 3 is 0.935 bits per heavy atom. The van der Waals surface area contributed by atoms with Gasteiger partial charge < -0.3 is 33.8 Å². The lowest BCUT2D eigenvalue weighted by Gasteiger charge is -2.21. The smallest absolute Gasteiger partial charge is 0.462 e. The van der Waals surface area contributed by atoms with Crippen LogP contribution in [0.2, 0.25) is 0 Å². The fraction of sp³-hybridized carbons (Fsp3) is 0.781. The van der Waals surface area contributed by atoms with Gasteiger partial charge in [0.1, 0.15) is 19.3 Å². The highest BCUT2D eigenvalue weighted by atomic mass is 31.2. The van der Waals surface area contributed by atoms with Crippen LogP contribution in [0.25, 0.3) is 0 Å². The summed E-state index contributed by atoms with van der Waals surface area (Å²) < 4.78 is 68.2. The van der Waals surface area contributed by atoms with Crippen LogP contribution in [0.3, 0.4) is 0 Å². The Labute approximate surface area is 558 Å². The van der Waals surface area contributed by atoms with E-state index >= 15 is 0 Å². The maximum Gasteiger partial charge on any atom is 0.472 e. The van der Waals surface area contributed by atoms with E-state index in [1.807, 2.05) is 12.2 Å². The minimum atomic E-state index is -4.97. The third kappa shape index (κ3) is 65.2. The number of allylic oxidation sites excluding steroid dienone is 12. The lowest BCUT2D eigenvalue weighted by atomic mass is 10.1. The highest BCUT2D eigenvalue weighted by molar-refractivity contribution is 7.47. The summed E-state index contributed by atoms with van der Waals surface area (Å²) in [5, 5.41) is 10.6. The van der Waals surface area contributed by atoms with E-state index in [2.05, 4.69) is 88.5 Å². The average Bonchev–Trinajstić information content (AvgIpc) is 2.31. The summed E-state index contributed by atoms with van der Waals surface area (Å²) in [6.45, 7) is 4.67. The molecule has 0 rings (SSSR count). The minimum Gasteiger partial charge on any atom is -0.462 e. The zero-order valence-corrected chi connectivity index (χ0v) is 59.8. The van der Waals surface area contributed by atoms with E-state index in [-0.39, 0.29) is 25.7 Å². The number of phosphoric acid groups is 2. The first-order valence-electron chi connectivity index (χ1n) is 36.2. The molecule has 534 valence electrons. The quantitative estimate of drug-likeness (QED) is 0.0169. The Kier molecular flexibility index (Phi) is 63.6. The molecular formula is C73H130O17P2. The maximum absolute atomic E-state index is 13.0. The number of unbranched alkanes of at least 4 members (excludes halogenated alkanes) is 30. The van der Waals surface area contributed by atoms with E-state index in [4.69, 9.17) is 37.0 Å². The molecule has 0 aromatic carbocycles. The van der Waals surface area contributed by atoms with E-state index in [0.717, 1.165) is 122 Å². The molecule has 0 heterocycles. The molecule has 0 aliphatic carbocycles. The van der Waals surface area contributed by atoms with Gasteiger partial charge in [-0.3, -0.25) is 37.3 Å². The summed E-state index contributed by atoms with van der Waals surface area (Å²) >= 11 is 0. The van der Waals surface area contributed by atoms with Crippen molar-refractivity contribution in [2.75, 3.05) is 39.6 Å². The van der Waals surface area contributed by atoms with E-state index < -0.39 is 97.5 Å². The molecule has 5 atom stereocenters. The number of ether oxygens (including phenoxy) is 4. The van der Waals surface area contributed by atoms with Crippen LogP contribution < -0.4 is 0 Å². The van der Waals surface area contributed by atoms with Gasteiger partial charge in [-0.1, -0.05) is 268 Å². The first kappa shape index (κ1) is 88.5. The number of esters is 4. The molecule has 0 aromatic rings. The van der Waals surface area contributed by atoms with E-state index in [9.17, 15) is 43.2 Å². The number of aliphatic hydroxyl groups is 1. The molecule has 19 heteroatoms. The summed E-state index contributed by atoms with van der Waals surface area (Å²) in [6.07, 6.45) is 63.5. The minimum absolute atomic E-state index is 0.0866. The van der Waals surface area contributed by atoms with E-state index in [1.54, 1.807) is 0 Å². The molecule has 0 radical (unpaired) electrons. The second-order valence-electron chi connectivity index (χ2n) is 24.2. The Morgan fingerprint density at radius 1 is 0.315 bits per heavy atom. The summed E-state index contributed by atoms with van der Waals surface area (Å²) in [6, 6.07) is 0. The van der Waals surface area contributed by atoms with Gasteiger partial charge in [0.25, 0.3) is 0 Å². The fourth-order valence-corrected chi connectivity index (χ4v) is 11.2. The molecule has 17 nitrogen and oxygen atoms in total. The summed E-state index contributed by atoms with van der Waals surface area (Å²) in [4.78, 5) is 72.5. The van der Waals surface area contributed by atoms with Gasteiger partial charge >= 0.3 is 39.5 Å². The lowest BCUT2D eigenvalue weighted by Crippen LogP contribution is -2.30. The second kappa shape index (κ2) is 66.1. The van der Waals surface area contributed by atoms with E-state index in [1.165, 1.54) is 103 Å². The predicted octanol–water partition coefficient (Wildman–Crippen LogP) is 20.1. The molecule has 5 unspecified atom stereocenters. The van der Waals surface area contributed by atoms with Gasteiger partial charge in [0.05, 0.1) is 26.4 Å². The summed E-state index contributed by atoms with van der Waals surface area (Å²) in [5.41, 5.74) is 0. The Balaban J connectivity index is 5.33. The lowest BCUT2D eigenvalue weighted by molar-refractivity contribution is -0.161. The second-order valence-corrected chi connectivity index (χ2v) is 27.1. The zero-order chi connectivity index (χ0) is 67.5. The normalized spacial score (nSPS) is 14.5. The van der Waals surface area contributed by atoms with Crippen LogP contribution in [0.15, 0.2) is 72.9 Å². The van der Waals surface area contributed by atoms with Crippen LogP contribution in [0.4, 0.5) is 0 Å². The van der Waals surface area contributed by atoms with Gasteiger partial charge in [-0.25, -0.2) is 9.13 Å². The van der Waals surface area contributed by atoms with Crippen LogP contribution in [-0.2, 0) is 65.4 Å². The Morgan fingerprint density at radius 2 is 0.576 bits per heavy atom. The third-order valence-electron chi connectivity index (χ3n) is 15.2. The van der Waals surface area contributed by atoms with Crippen LogP contribution in [0, 0.1) is 0 Å². The molecule has 0 spiro atoms. The van der Waals surface area contributed by atoms with Crippen molar-refractivity contribution >= 4 is 39.5 Å². The largest absolute Gasteiger partial charge is 0.472 e. The van der Waals surface area contributed by atoms with Crippen molar-refractivity contribution in [1.29, 1.82) is 0 Å². The molecule has 0 aromatic heterocycles. The highest BCUT2D eigenvalue weighted by Crippen LogP contribution is 2.45. The molecule has 3 N–H and O–H groups in total. The first-order chi connectivity index (χ1) is 44.7. The average molecular weight is 1340 g/mol. The highest BCUT2D eigenvalue weighted by Gasteiger charge is 2.30. The molecule has 0 fully saturated rings. The van der Waals surface area contributed by atoms with Crippen LogP contribution >= 0.6 is 15.6 Å². The summed E-state index contributed by atoms with van der Waals surface area (Å²) in [7, 11) is -9.94. The first-order valence-corrected chi connectivity index (χ1v) is 39.2. The van der Waals surface area contributed by atoms with Crippen LogP contribution in [0.1, 0.15) is 310 Å². The number of phosphoric ester groups is 2. The van der Waals surface area contributed by atoms with Gasteiger partial charge in [-0.05, 0) is 89.9 Å². The molecule has 0 saturated carbocycles. The van der Waals surface area contributed by atoms with Crippen molar-refractivity contribution in [3.8, 4) is 0 Å². The molecule has 0 aliphatic heterocycles. The molecule has 92 heavy (non-hydrogen) atoms. The van der Waals surface area contributed by atoms with Gasteiger partial charge in [-0.2, -0.15) is 0 Å². The van der Waals surface area contributed by atoms with Crippen molar-refractivity contribution in [1.82, 2.24) is 0 Å². The predicted molar refractivity (Wildman–Crippen MR) is 372 cm³/mol. The maximum atomic E-state index is 13.0. The molecule has 0 saturated heterocycles. The zero-order valence-electron chi connectivity index (χ0n) is 58.0. The third-order valence-corrected chi connectivity index (χ3v) is 17.1. The van der Waals surface area contributed by atoms with Crippen molar-refractivity contribution in [3.05, 3.63) is 72.9 Å². The van der Waals surface area contributed by atoms with Gasteiger partial charge in [0, 0.05) is 25.7 Å². The van der Waals surface area contributed by atoms with Crippen LogP contribution in [0.5, 0.6) is 0 Å². The number of hydrogen-bond donors (Lipinski definition) is 3. The fourth-order valence-electron chi connectivity index (χ4n) is 9.66. The summed E-state index contributed by atoms with van der Waals surface area (Å²) in [5.74, 6) is -2.23. The number of rotatable bonds is 68. The van der Waals surface area contributed by atoms with Crippen molar-refractivity contribution in [2.45, 2.75) is 329 Å². The van der Waals surface area contributed by atoms with E-state index in [0.29, 0.717) is 32.1 Å². The number of carbonyl (C=O) groups excluding carboxylic acids is 4. The van der Waals surface area contributed by atoms with Gasteiger partial charge in [-0.15, -0.1) is 0 Å².